The summed E-state index contributed by atoms with van der Waals surface area (Å²) in [6.45, 7) is 0. The highest BCUT2D eigenvalue weighted by Crippen LogP contribution is 2.27. The van der Waals surface area contributed by atoms with Crippen molar-refractivity contribution in [2.75, 3.05) is 13.4 Å². The molecule has 2 rings (SSSR count). The van der Waals surface area contributed by atoms with Gasteiger partial charge in [-0.25, -0.2) is 4.98 Å². The fourth-order valence-electron chi connectivity index (χ4n) is 2.48. The van der Waals surface area contributed by atoms with Gasteiger partial charge in [0.2, 0.25) is 5.88 Å². The number of nitrogens with zero attached hydrogens (tertiary/aromatic N) is 1. The third-order valence-electron chi connectivity index (χ3n) is 3.50. The van der Waals surface area contributed by atoms with Crippen LogP contribution >= 0.6 is 11.8 Å². The van der Waals surface area contributed by atoms with Crippen LogP contribution in [-0.2, 0) is 0 Å². The number of nitrogens with one attached hydrogen (secondary N) is 1. The molecule has 0 aromatic carbocycles. The van der Waals surface area contributed by atoms with Gasteiger partial charge in [-0.05, 0) is 37.7 Å². The minimum absolute atomic E-state index is 0.0864. The van der Waals surface area contributed by atoms with Crippen molar-refractivity contribution < 1.29 is 9.53 Å². The maximum absolute atomic E-state index is 12.2. The summed E-state index contributed by atoms with van der Waals surface area (Å²) in [5, 5.41) is 3.76. The van der Waals surface area contributed by atoms with Gasteiger partial charge in [0.1, 0.15) is 5.56 Å². The predicted octanol–water partition coefficient (Wildman–Crippen LogP) is 2.49. The van der Waals surface area contributed by atoms with Gasteiger partial charge in [0.15, 0.2) is 0 Å². The molecule has 1 N–H and O–H groups in total. The predicted molar refractivity (Wildman–Crippen MR) is 77.8 cm³/mol. The largest absolute Gasteiger partial charge is 0.480 e. The monoisotopic (exact) mass is 280 g/mol. The highest BCUT2D eigenvalue weighted by Gasteiger charge is 2.24. The van der Waals surface area contributed by atoms with Crippen LogP contribution in [0, 0.1) is 0 Å². The summed E-state index contributed by atoms with van der Waals surface area (Å²) < 4.78 is 5.12. The van der Waals surface area contributed by atoms with E-state index in [0.29, 0.717) is 16.7 Å². The second-order valence-corrected chi connectivity index (χ2v) is 5.89. The number of carbonyl (C=O) groups is 1. The van der Waals surface area contributed by atoms with Gasteiger partial charge in [-0.1, -0.05) is 6.42 Å². The van der Waals surface area contributed by atoms with E-state index in [-0.39, 0.29) is 11.9 Å². The third-order valence-corrected chi connectivity index (χ3v) is 4.60. The molecule has 1 amide bonds. The molecule has 4 nitrogen and oxygen atoms in total. The molecule has 2 atom stereocenters. The summed E-state index contributed by atoms with van der Waals surface area (Å²) in [7, 11) is 1.53. The zero-order valence-electron chi connectivity index (χ0n) is 11.4. The number of methoxy groups -OCH3 is 1. The average molecular weight is 280 g/mol. The van der Waals surface area contributed by atoms with E-state index in [9.17, 15) is 4.79 Å². The number of hydrogen-bond acceptors (Lipinski definition) is 4. The van der Waals surface area contributed by atoms with E-state index >= 15 is 0 Å². The van der Waals surface area contributed by atoms with E-state index in [2.05, 4.69) is 16.6 Å². The van der Waals surface area contributed by atoms with Crippen LogP contribution < -0.4 is 10.1 Å². The van der Waals surface area contributed by atoms with Crippen molar-refractivity contribution in [1.82, 2.24) is 10.3 Å². The standard InChI is InChI=1S/C14H20N2O2S/c1-18-14-12(7-4-8-15-14)13(17)16-10-5-3-6-11(9-10)19-2/h4,7-8,10-11H,3,5-6,9H2,1-2H3,(H,16,17)/t10-,11+/m1/s1. The number of carbonyl (C=O) groups excluding carboxylic acids is 1. The number of aromatic nitrogens is 1. The first-order valence-corrected chi connectivity index (χ1v) is 7.86. The quantitative estimate of drug-likeness (QED) is 0.920. The summed E-state index contributed by atoms with van der Waals surface area (Å²) >= 11 is 1.89. The molecule has 0 unspecified atom stereocenters. The highest BCUT2D eigenvalue weighted by molar-refractivity contribution is 7.99. The lowest BCUT2D eigenvalue weighted by molar-refractivity contribution is 0.0924. The summed E-state index contributed by atoms with van der Waals surface area (Å²) in [4.78, 5) is 16.3. The summed E-state index contributed by atoms with van der Waals surface area (Å²) in [6.07, 6.45) is 8.31. The molecule has 1 fully saturated rings. The molecule has 1 aliphatic carbocycles. The first-order chi connectivity index (χ1) is 9.24. The van der Waals surface area contributed by atoms with Crippen molar-refractivity contribution in [2.45, 2.75) is 37.0 Å². The lowest BCUT2D eigenvalue weighted by atomic mass is 9.94. The summed E-state index contributed by atoms with van der Waals surface area (Å²) in [5.74, 6) is 0.300. The van der Waals surface area contributed by atoms with Crippen molar-refractivity contribution in [3.63, 3.8) is 0 Å². The molecule has 1 saturated carbocycles. The minimum atomic E-state index is -0.0864. The van der Waals surface area contributed by atoms with Crippen molar-refractivity contribution in [2.24, 2.45) is 0 Å². The van der Waals surface area contributed by atoms with Gasteiger partial charge in [0.25, 0.3) is 5.91 Å². The second kappa shape index (κ2) is 6.80. The van der Waals surface area contributed by atoms with Crippen LogP contribution in [0.25, 0.3) is 0 Å². The minimum Gasteiger partial charge on any atom is -0.480 e. The smallest absolute Gasteiger partial charge is 0.256 e. The van der Waals surface area contributed by atoms with Crippen LogP contribution in [-0.4, -0.2) is 35.5 Å². The van der Waals surface area contributed by atoms with Crippen LogP contribution in [0.1, 0.15) is 36.0 Å². The summed E-state index contributed by atoms with van der Waals surface area (Å²) in [5.41, 5.74) is 0.510. The Morgan fingerprint density at radius 2 is 2.37 bits per heavy atom. The molecule has 0 bridgehead atoms. The van der Waals surface area contributed by atoms with Gasteiger partial charge >= 0.3 is 0 Å². The Balaban J connectivity index is 2.00. The van der Waals surface area contributed by atoms with Crippen molar-refractivity contribution in [1.29, 1.82) is 0 Å². The molecule has 1 aromatic heterocycles. The van der Waals surface area contributed by atoms with E-state index in [1.165, 1.54) is 20.0 Å². The molecule has 5 heteroatoms. The first kappa shape index (κ1) is 14.2. The summed E-state index contributed by atoms with van der Waals surface area (Å²) in [6, 6.07) is 3.77. The number of amides is 1. The molecule has 1 aliphatic rings. The molecule has 0 radical (unpaired) electrons. The SMILES string of the molecule is COc1ncccc1C(=O)N[C@@H]1CCC[C@H](SC)C1. The van der Waals surface area contributed by atoms with E-state index in [1.54, 1.807) is 18.3 Å². The molecular weight excluding hydrogens is 260 g/mol. The highest BCUT2D eigenvalue weighted by atomic mass is 32.2. The maximum Gasteiger partial charge on any atom is 0.256 e. The van der Waals surface area contributed by atoms with Crippen molar-refractivity contribution >= 4 is 17.7 Å². The number of hydrogen-bond donors (Lipinski definition) is 1. The van der Waals surface area contributed by atoms with Gasteiger partial charge in [0.05, 0.1) is 7.11 Å². The van der Waals surface area contributed by atoms with Crippen LogP contribution in [0.15, 0.2) is 18.3 Å². The molecule has 0 saturated heterocycles. The molecule has 1 heterocycles. The zero-order chi connectivity index (χ0) is 13.7. The number of pyridine rings is 1. The maximum atomic E-state index is 12.2. The van der Waals surface area contributed by atoms with E-state index < -0.39 is 0 Å². The Bertz CT molecular complexity index is 439. The Morgan fingerprint density at radius 1 is 1.53 bits per heavy atom. The fourth-order valence-corrected chi connectivity index (χ4v) is 3.31. The first-order valence-electron chi connectivity index (χ1n) is 6.57. The number of rotatable bonds is 4. The van der Waals surface area contributed by atoms with Gasteiger partial charge in [-0.3, -0.25) is 4.79 Å². The molecular formula is C14H20N2O2S. The molecule has 0 aliphatic heterocycles. The van der Waals surface area contributed by atoms with Crippen LogP contribution in [0.5, 0.6) is 5.88 Å². The zero-order valence-corrected chi connectivity index (χ0v) is 12.2. The Morgan fingerprint density at radius 3 is 3.11 bits per heavy atom. The molecule has 1 aromatic rings. The molecule has 0 spiro atoms. The van der Waals surface area contributed by atoms with E-state index in [4.69, 9.17) is 4.74 Å². The van der Waals surface area contributed by atoms with E-state index in [0.717, 1.165) is 12.8 Å². The average Bonchev–Trinajstić information content (AvgIpc) is 2.47. The van der Waals surface area contributed by atoms with Crippen molar-refractivity contribution in [3.05, 3.63) is 23.9 Å². The van der Waals surface area contributed by atoms with Gasteiger partial charge in [0, 0.05) is 17.5 Å². The van der Waals surface area contributed by atoms with Crippen molar-refractivity contribution in [3.8, 4) is 5.88 Å². The van der Waals surface area contributed by atoms with Gasteiger partial charge in [-0.15, -0.1) is 0 Å². The van der Waals surface area contributed by atoms with Gasteiger partial charge in [-0.2, -0.15) is 11.8 Å². The second-order valence-electron chi connectivity index (χ2n) is 4.75. The topological polar surface area (TPSA) is 51.2 Å². The van der Waals surface area contributed by atoms with Crippen LogP contribution in [0.4, 0.5) is 0 Å². The lowest BCUT2D eigenvalue weighted by Crippen LogP contribution is -2.39. The van der Waals surface area contributed by atoms with Crippen LogP contribution in [0.2, 0.25) is 0 Å². The number of thioether (sulfide) groups is 1. The normalized spacial score (nSPS) is 22.8. The lowest BCUT2D eigenvalue weighted by Gasteiger charge is -2.28. The Hall–Kier alpha value is -1.23. The number of ether oxygens (including phenoxy) is 1. The van der Waals surface area contributed by atoms with Gasteiger partial charge < -0.3 is 10.1 Å². The Kier molecular flexibility index (Phi) is 5.07. The third kappa shape index (κ3) is 3.62. The van der Waals surface area contributed by atoms with Crippen LogP contribution in [0.3, 0.4) is 0 Å². The Labute approximate surface area is 118 Å². The molecule has 104 valence electrons. The fraction of sp³-hybridized carbons (Fsp3) is 0.571. The van der Waals surface area contributed by atoms with E-state index in [1.807, 2.05) is 11.8 Å². The molecule has 19 heavy (non-hydrogen) atoms.